The van der Waals surface area contributed by atoms with Crippen molar-refractivity contribution in [2.75, 3.05) is 0 Å². The van der Waals surface area contributed by atoms with Crippen molar-refractivity contribution in [2.45, 2.75) is 0 Å². The van der Waals surface area contributed by atoms with Crippen molar-refractivity contribution in [1.29, 1.82) is 0 Å². The van der Waals surface area contributed by atoms with Gasteiger partial charge in [-0.3, -0.25) is 20.2 Å². The molecule has 0 saturated heterocycles. The van der Waals surface area contributed by atoms with E-state index in [0.29, 0.717) is 22.8 Å². The Kier molecular flexibility index (Phi) is 8.20. The van der Waals surface area contributed by atoms with Crippen molar-refractivity contribution in [1.82, 2.24) is 19.9 Å². The number of rotatable bonds is 6. The molecule has 0 atom stereocenters. The van der Waals surface area contributed by atoms with Gasteiger partial charge >= 0.3 is 0 Å². The lowest BCUT2D eigenvalue weighted by Gasteiger charge is -2.06. The molecule has 0 fully saturated rings. The van der Waals surface area contributed by atoms with Gasteiger partial charge < -0.3 is 9.97 Å². The monoisotopic (exact) mass is 736 g/mol. The van der Waals surface area contributed by atoms with Gasteiger partial charge in [-0.05, 0) is 95.1 Å². The fraction of sp³-hybridized carbons (Fsp3) is 0.0455. The van der Waals surface area contributed by atoms with Gasteiger partial charge in [0.1, 0.15) is 14.1 Å². The minimum Gasteiger partial charge on any atom is -0.354 e. The molecule has 2 aliphatic rings. The van der Waals surface area contributed by atoms with Crippen LogP contribution in [0.25, 0.3) is 90.9 Å². The summed E-state index contributed by atoms with van der Waals surface area (Å²) in [6.45, 7) is 0. The summed E-state index contributed by atoms with van der Waals surface area (Å²) >= 11 is 0. The highest BCUT2D eigenvalue weighted by atomic mass is 16.6. The summed E-state index contributed by atoms with van der Waals surface area (Å²) in [6.07, 6.45) is 15.8. The average Bonchev–Trinajstić information content (AvgIpc) is 4.05. The molecule has 9 rings (SSSR count). The van der Waals surface area contributed by atoms with Crippen molar-refractivity contribution in [2.24, 2.45) is 14.1 Å². The first-order valence-electron chi connectivity index (χ1n) is 17.8. The Labute approximate surface area is 319 Å². The zero-order chi connectivity index (χ0) is 38.5. The minimum absolute atomic E-state index is 0.00265. The van der Waals surface area contributed by atoms with E-state index in [4.69, 9.17) is 9.97 Å². The first kappa shape index (κ1) is 33.9. The number of hydrogen-bond donors (Lipinski definition) is 2. The molecule has 2 aliphatic heterocycles. The summed E-state index contributed by atoms with van der Waals surface area (Å²) in [7, 11) is 3.92. The average molecular weight is 737 g/mol. The summed E-state index contributed by atoms with van der Waals surface area (Å²) in [6, 6.07) is 29.2. The Morgan fingerprint density at radius 3 is 1.09 bits per heavy atom. The van der Waals surface area contributed by atoms with Crippen LogP contribution in [0, 0.1) is 20.2 Å². The lowest BCUT2D eigenvalue weighted by molar-refractivity contribution is -0.671. The Morgan fingerprint density at radius 1 is 0.429 bits per heavy atom. The standard InChI is InChI=1S/C44H31N8O4/c1-49-23-19-29(20-24-49)43-37-15-11-33(45-37)41(27-3-7-31(8-4-27)51(53)54)35-13-17-39(47-35)44(30-21-25-50(2)26-22-30)40-18-14-36(48-40)42(34-12-16-38(43)46-34)28-5-9-32(10-6-28)52(55)56/h3-26H,1-2H3,(H,45,46,47,48)/q+1/p+1. The molecule has 0 radical (unpaired) electrons. The number of aromatic amines is 2. The normalized spacial score (nSPS) is 11.9. The molecule has 0 unspecified atom stereocenters. The van der Waals surface area contributed by atoms with E-state index in [2.05, 4.69) is 9.97 Å². The van der Waals surface area contributed by atoms with Crippen LogP contribution in [-0.4, -0.2) is 29.8 Å². The number of hydrogen-bond acceptors (Lipinski definition) is 6. The van der Waals surface area contributed by atoms with E-state index in [1.165, 1.54) is 24.3 Å². The Bertz CT molecular complexity index is 2810. The molecule has 0 spiro atoms. The maximum atomic E-state index is 11.6. The molecule has 7 aromatic rings. The van der Waals surface area contributed by atoms with E-state index in [-0.39, 0.29) is 11.4 Å². The number of H-pyrrole nitrogens is 2. The summed E-state index contributed by atoms with van der Waals surface area (Å²) in [5, 5.41) is 23.2. The number of aromatic nitrogens is 6. The highest BCUT2D eigenvalue weighted by Crippen LogP contribution is 2.38. The first-order valence-corrected chi connectivity index (χ1v) is 17.8. The molecular weight excluding hydrogens is 705 g/mol. The van der Waals surface area contributed by atoms with Gasteiger partial charge in [0, 0.05) is 92.9 Å². The topological polar surface area (TPSA) is 151 Å². The number of benzene rings is 2. The summed E-state index contributed by atoms with van der Waals surface area (Å²) in [5.74, 6) is 0. The van der Waals surface area contributed by atoms with E-state index in [1.807, 2.05) is 121 Å². The number of aryl methyl sites for hydroxylation is 2. The zero-order valence-electron chi connectivity index (χ0n) is 30.2. The van der Waals surface area contributed by atoms with Crippen molar-refractivity contribution >= 4 is 57.7 Å². The van der Waals surface area contributed by atoms with Crippen LogP contribution < -0.4 is 9.13 Å². The van der Waals surface area contributed by atoms with E-state index >= 15 is 0 Å². The highest BCUT2D eigenvalue weighted by Gasteiger charge is 2.21. The quantitative estimate of drug-likeness (QED) is 0.0989. The summed E-state index contributed by atoms with van der Waals surface area (Å²) < 4.78 is 3.93. The Morgan fingerprint density at radius 2 is 0.732 bits per heavy atom. The van der Waals surface area contributed by atoms with Gasteiger partial charge in [0.2, 0.25) is 0 Å². The summed E-state index contributed by atoms with van der Waals surface area (Å²) in [4.78, 5) is 40.3. The van der Waals surface area contributed by atoms with Gasteiger partial charge in [-0.1, -0.05) is 0 Å². The number of nitrogens with zero attached hydrogens (tertiary/aromatic N) is 6. The van der Waals surface area contributed by atoms with Crippen LogP contribution in [0.1, 0.15) is 22.8 Å². The van der Waals surface area contributed by atoms with E-state index in [1.54, 1.807) is 24.3 Å². The number of fused-ring (bicyclic) bond motifs is 8. The van der Waals surface area contributed by atoms with Crippen LogP contribution in [0.5, 0.6) is 0 Å². The second-order valence-corrected chi connectivity index (χ2v) is 13.6. The van der Waals surface area contributed by atoms with Crippen LogP contribution >= 0.6 is 0 Å². The molecule has 0 amide bonds. The van der Waals surface area contributed by atoms with E-state index < -0.39 is 9.85 Å². The number of nitro groups is 2. The van der Waals surface area contributed by atoms with Gasteiger partial charge in [-0.15, -0.1) is 0 Å². The molecule has 12 nitrogen and oxygen atoms in total. The molecule has 2 N–H and O–H groups in total. The second-order valence-electron chi connectivity index (χ2n) is 13.6. The predicted octanol–water partition coefficient (Wildman–Crippen LogP) is 8.79. The van der Waals surface area contributed by atoms with Crippen molar-refractivity contribution in [3.8, 4) is 44.5 Å². The van der Waals surface area contributed by atoms with Crippen molar-refractivity contribution in [3.05, 3.63) is 165 Å². The van der Waals surface area contributed by atoms with E-state index in [0.717, 1.165) is 66.6 Å². The zero-order valence-corrected chi connectivity index (χ0v) is 30.2. The Balaban J connectivity index is 1.44. The fourth-order valence-electron chi connectivity index (χ4n) is 7.26. The maximum Gasteiger partial charge on any atom is 0.269 e. The molecule has 56 heavy (non-hydrogen) atoms. The van der Waals surface area contributed by atoms with Crippen LogP contribution in [0.2, 0.25) is 0 Å². The molecule has 12 heteroatoms. The van der Waals surface area contributed by atoms with Gasteiger partial charge in [-0.2, -0.15) is 0 Å². The van der Waals surface area contributed by atoms with Gasteiger partial charge in [0.15, 0.2) is 24.8 Å². The lowest BCUT2D eigenvalue weighted by atomic mass is 10.0. The third-order valence-corrected chi connectivity index (χ3v) is 10.0. The van der Waals surface area contributed by atoms with Crippen LogP contribution in [0.15, 0.2) is 122 Å². The van der Waals surface area contributed by atoms with Crippen molar-refractivity contribution < 1.29 is 19.0 Å². The number of non-ortho nitro benzene ring substituents is 2. The molecule has 2 aromatic carbocycles. The number of nitro benzene ring substituents is 2. The lowest BCUT2D eigenvalue weighted by Crippen LogP contribution is -2.25. The third-order valence-electron chi connectivity index (χ3n) is 10.0. The predicted molar refractivity (Wildman–Crippen MR) is 216 cm³/mol. The Hall–Kier alpha value is -7.86. The molecule has 7 heterocycles. The SMILES string of the molecule is C[n+]1ccc(-c2c3nc(c(-c4ccc([N+](=O)[O-])cc4)c4ccc([nH]4)c(-c4cc[n+](C)cc4)c4ccc([nH]4)c(-c4ccc([N+](=O)[O-])cc4)c4nc2C=C4)C=C3)cc1. The fourth-order valence-corrected chi connectivity index (χ4v) is 7.26. The van der Waals surface area contributed by atoms with Crippen LogP contribution in [-0.2, 0) is 14.1 Å². The molecular formula is C44H32N8O4+2. The minimum atomic E-state index is -0.405. The second kappa shape index (κ2) is 13.5. The highest BCUT2D eigenvalue weighted by molar-refractivity contribution is 6.00. The van der Waals surface area contributed by atoms with Crippen molar-refractivity contribution in [3.63, 3.8) is 0 Å². The van der Waals surface area contributed by atoms with Gasteiger partial charge in [-0.25, -0.2) is 19.1 Å². The molecule has 8 bridgehead atoms. The number of nitrogens with one attached hydrogen (secondary N) is 2. The largest absolute Gasteiger partial charge is 0.354 e. The first-order chi connectivity index (χ1) is 27.2. The molecule has 5 aromatic heterocycles. The number of pyridine rings is 2. The van der Waals surface area contributed by atoms with Gasteiger partial charge in [0.05, 0.1) is 32.6 Å². The van der Waals surface area contributed by atoms with E-state index in [9.17, 15) is 20.2 Å². The molecule has 0 saturated carbocycles. The maximum absolute atomic E-state index is 11.6. The third kappa shape index (κ3) is 6.10. The molecule has 270 valence electrons. The van der Waals surface area contributed by atoms with Crippen LogP contribution in [0.4, 0.5) is 11.4 Å². The van der Waals surface area contributed by atoms with Crippen LogP contribution in [0.3, 0.4) is 0 Å². The molecule has 0 aliphatic carbocycles. The smallest absolute Gasteiger partial charge is 0.269 e. The van der Waals surface area contributed by atoms with Gasteiger partial charge in [0.25, 0.3) is 11.4 Å². The summed E-state index contributed by atoms with van der Waals surface area (Å²) in [5.41, 5.74) is 12.6.